The molecule has 2 aromatic heterocycles. The van der Waals surface area contributed by atoms with E-state index >= 15 is 0 Å². The Kier molecular flexibility index (Phi) is 8.63. The van der Waals surface area contributed by atoms with E-state index < -0.39 is 0 Å². The van der Waals surface area contributed by atoms with Crippen molar-refractivity contribution in [2.45, 2.75) is 62.1 Å². The zero-order chi connectivity index (χ0) is 25.6. The molecule has 0 spiro atoms. The number of carbonyl (C=O) groups is 1. The fourth-order valence-corrected chi connectivity index (χ4v) is 6.99. The highest BCUT2D eigenvalue weighted by molar-refractivity contribution is 8.00. The number of benzene rings is 1. The van der Waals surface area contributed by atoms with Crippen LogP contribution in [0.3, 0.4) is 0 Å². The Balaban J connectivity index is 1.43. The molecule has 2 aliphatic heterocycles. The quantitative estimate of drug-likeness (QED) is 0.329. The van der Waals surface area contributed by atoms with E-state index in [-0.39, 0.29) is 11.2 Å². The number of aromatic nitrogens is 2. The SMILES string of the molecule is Cc1csc(Nc2ncc(SC(C(=O)N3CCCCC3C)C3CCNCC3)cc2Oc2ccccc2)n1. The second-order valence-electron chi connectivity index (χ2n) is 9.85. The van der Waals surface area contributed by atoms with Gasteiger partial charge in [-0.2, -0.15) is 0 Å². The number of hydrogen-bond acceptors (Lipinski definition) is 8. The molecular weight excluding hydrogens is 502 g/mol. The summed E-state index contributed by atoms with van der Waals surface area (Å²) < 4.78 is 6.28. The predicted octanol–water partition coefficient (Wildman–Crippen LogP) is 6.24. The lowest BCUT2D eigenvalue weighted by Gasteiger charge is -2.38. The molecule has 37 heavy (non-hydrogen) atoms. The Hall–Kier alpha value is -2.62. The van der Waals surface area contributed by atoms with Gasteiger partial charge in [0.15, 0.2) is 16.7 Å². The zero-order valence-electron chi connectivity index (χ0n) is 21.5. The first-order valence-electron chi connectivity index (χ1n) is 13.2. The van der Waals surface area contributed by atoms with Gasteiger partial charge >= 0.3 is 0 Å². The minimum Gasteiger partial charge on any atom is -0.453 e. The molecule has 2 fully saturated rings. The summed E-state index contributed by atoms with van der Waals surface area (Å²) in [6, 6.07) is 12.0. The number of aryl methyl sites for hydroxylation is 1. The van der Waals surface area contributed by atoms with Crippen LogP contribution in [0.25, 0.3) is 0 Å². The van der Waals surface area contributed by atoms with Crippen LogP contribution in [0.1, 0.15) is 44.7 Å². The molecule has 0 saturated carbocycles. The maximum absolute atomic E-state index is 13.9. The summed E-state index contributed by atoms with van der Waals surface area (Å²) in [7, 11) is 0. The maximum atomic E-state index is 13.9. The number of thiazole rings is 1. The predicted molar refractivity (Wildman–Crippen MR) is 151 cm³/mol. The van der Waals surface area contributed by atoms with Crippen molar-refractivity contribution in [3.8, 4) is 11.5 Å². The molecule has 0 bridgehead atoms. The Morgan fingerprint density at radius 3 is 2.76 bits per heavy atom. The number of likely N-dealkylation sites (tertiary alicyclic amines) is 1. The number of rotatable bonds is 8. The van der Waals surface area contributed by atoms with E-state index in [0.717, 1.165) is 66.8 Å². The number of para-hydroxylation sites is 1. The molecule has 196 valence electrons. The minimum absolute atomic E-state index is 0.130. The molecule has 2 aliphatic rings. The monoisotopic (exact) mass is 537 g/mol. The van der Waals surface area contributed by atoms with Gasteiger partial charge in [-0.05, 0) is 83.2 Å². The van der Waals surface area contributed by atoms with Crippen LogP contribution in [-0.4, -0.2) is 51.7 Å². The van der Waals surface area contributed by atoms with E-state index in [4.69, 9.17) is 9.72 Å². The van der Waals surface area contributed by atoms with E-state index in [0.29, 0.717) is 23.5 Å². The highest BCUT2D eigenvalue weighted by Gasteiger charge is 2.36. The average Bonchev–Trinajstić information content (AvgIpc) is 3.34. The van der Waals surface area contributed by atoms with Crippen molar-refractivity contribution in [2.24, 2.45) is 5.92 Å². The molecule has 3 aromatic rings. The standard InChI is InChI=1S/C28H35N5O2S2/c1-19-18-36-28(31-19)32-26-24(35-22-9-4-3-5-10-22)16-23(17-30-26)37-25(21-11-13-29-14-12-21)27(34)33-15-7-6-8-20(33)2/h3-5,9-10,16-18,20-21,25,29H,6-8,11-15H2,1-2H3,(H,30,31,32). The van der Waals surface area contributed by atoms with Crippen LogP contribution in [0.4, 0.5) is 10.9 Å². The Morgan fingerprint density at radius 2 is 2.03 bits per heavy atom. The van der Waals surface area contributed by atoms with Gasteiger partial charge in [-0.15, -0.1) is 23.1 Å². The van der Waals surface area contributed by atoms with E-state index in [2.05, 4.69) is 27.4 Å². The van der Waals surface area contributed by atoms with E-state index in [1.165, 1.54) is 17.8 Å². The number of anilines is 2. The molecule has 5 rings (SSSR count). The second-order valence-corrected chi connectivity index (χ2v) is 11.9. The largest absolute Gasteiger partial charge is 0.453 e. The summed E-state index contributed by atoms with van der Waals surface area (Å²) >= 11 is 3.17. The van der Waals surface area contributed by atoms with Crippen LogP contribution in [0, 0.1) is 12.8 Å². The van der Waals surface area contributed by atoms with Crippen LogP contribution in [0.5, 0.6) is 11.5 Å². The van der Waals surface area contributed by atoms with Crippen LogP contribution >= 0.6 is 23.1 Å². The van der Waals surface area contributed by atoms with E-state index in [1.807, 2.05) is 54.9 Å². The van der Waals surface area contributed by atoms with Gasteiger partial charge in [0.05, 0.1) is 10.9 Å². The number of pyridine rings is 1. The minimum atomic E-state index is -0.130. The van der Waals surface area contributed by atoms with Crippen molar-refractivity contribution in [1.29, 1.82) is 0 Å². The lowest BCUT2D eigenvalue weighted by Crippen LogP contribution is -2.49. The number of hydrogen-bond donors (Lipinski definition) is 2. The molecule has 1 aromatic carbocycles. The topological polar surface area (TPSA) is 79.4 Å². The maximum Gasteiger partial charge on any atom is 0.236 e. The summed E-state index contributed by atoms with van der Waals surface area (Å²) in [5.41, 5.74) is 0.959. The summed E-state index contributed by atoms with van der Waals surface area (Å²) in [5, 5.41) is 9.41. The van der Waals surface area contributed by atoms with Crippen LogP contribution in [0.2, 0.25) is 0 Å². The fraction of sp³-hybridized carbons (Fsp3) is 0.464. The molecule has 0 aliphatic carbocycles. The fourth-order valence-electron chi connectivity index (χ4n) is 5.02. The van der Waals surface area contributed by atoms with Gasteiger partial charge in [0.2, 0.25) is 5.91 Å². The molecule has 7 nitrogen and oxygen atoms in total. The van der Waals surface area contributed by atoms with Crippen molar-refractivity contribution in [2.75, 3.05) is 25.0 Å². The number of carbonyl (C=O) groups excluding carboxylic acids is 1. The van der Waals surface area contributed by atoms with Crippen molar-refractivity contribution in [3.05, 3.63) is 53.7 Å². The van der Waals surface area contributed by atoms with Crippen molar-refractivity contribution < 1.29 is 9.53 Å². The van der Waals surface area contributed by atoms with Crippen molar-refractivity contribution >= 4 is 40.0 Å². The molecule has 2 N–H and O–H groups in total. The number of amides is 1. The van der Waals surface area contributed by atoms with Crippen molar-refractivity contribution in [1.82, 2.24) is 20.2 Å². The first-order valence-corrected chi connectivity index (χ1v) is 14.9. The third-order valence-corrected chi connectivity index (χ3v) is 9.26. The van der Waals surface area contributed by atoms with Crippen molar-refractivity contribution in [3.63, 3.8) is 0 Å². The van der Waals surface area contributed by atoms with Gasteiger partial charge in [-0.3, -0.25) is 4.79 Å². The first kappa shape index (κ1) is 26.0. The Bertz CT molecular complexity index is 1180. The summed E-state index contributed by atoms with van der Waals surface area (Å²) in [6.07, 6.45) is 7.25. The third kappa shape index (κ3) is 6.64. The summed E-state index contributed by atoms with van der Waals surface area (Å²) in [5.74, 6) is 2.57. The summed E-state index contributed by atoms with van der Waals surface area (Å²) in [4.78, 5) is 26.2. The first-order chi connectivity index (χ1) is 18.1. The van der Waals surface area contributed by atoms with Gasteiger partial charge in [0.25, 0.3) is 0 Å². The summed E-state index contributed by atoms with van der Waals surface area (Å²) in [6.45, 7) is 6.94. The number of ether oxygens (including phenoxy) is 1. The lowest BCUT2D eigenvalue weighted by molar-refractivity contribution is -0.134. The normalized spacial score (nSPS) is 19.4. The molecule has 0 radical (unpaired) electrons. The van der Waals surface area contributed by atoms with Gasteiger partial charge in [-0.1, -0.05) is 18.2 Å². The van der Waals surface area contributed by atoms with Crippen LogP contribution in [-0.2, 0) is 4.79 Å². The highest BCUT2D eigenvalue weighted by atomic mass is 32.2. The van der Waals surface area contributed by atoms with Gasteiger partial charge in [-0.25, -0.2) is 9.97 Å². The third-order valence-electron chi connectivity index (χ3n) is 7.05. The molecule has 2 unspecified atom stereocenters. The smallest absolute Gasteiger partial charge is 0.236 e. The molecule has 1 amide bonds. The second kappa shape index (κ2) is 12.3. The zero-order valence-corrected chi connectivity index (χ0v) is 23.1. The molecule has 4 heterocycles. The lowest BCUT2D eigenvalue weighted by atomic mass is 9.92. The Morgan fingerprint density at radius 1 is 1.22 bits per heavy atom. The molecule has 9 heteroatoms. The van der Waals surface area contributed by atoms with E-state index in [1.54, 1.807) is 11.8 Å². The molecule has 2 atom stereocenters. The number of nitrogens with zero attached hydrogens (tertiary/aromatic N) is 3. The number of nitrogens with one attached hydrogen (secondary N) is 2. The number of thioether (sulfide) groups is 1. The van der Waals surface area contributed by atoms with Gasteiger partial charge < -0.3 is 20.3 Å². The van der Waals surface area contributed by atoms with Gasteiger partial charge in [0, 0.05) is 29.1 Å². The van der Waals surface area contributed by atoms with Gasteiger partial charge in [0.1, 0.15) is 5.75 Å². The highest BCUT2D eigenvalue weighted by Crippen LogP contribution is 2.39. The average molecular weight is 538 g/mol. The van der Waals surface area contributed by atoms with Crippen LogP contribution < -0.4 is 15.4 Å². The molecule has 2 saturated heterocycles. The number of piperidine rings is 2. The Labute approximate surface area is 227 Å². The van der Waals surface area contributed by atoms with E-state index in [9.17, 15) is 4.79 Å². The van der Waals surface area contributed by atoms with Crippen LogP contribution in [0.15, 0.2) is 52.9 Å². The molecular formula is C28H35N5O2S2.